The number of hydrogen-bond acceptors (Lipinski definition) is 3. The minimum Gasteiger partial charge on any atom is -0.454 e. The summed E-state index contributed by atoms with van der Waals surface area (Å²) in [4.78, 5) is 0. The number of halogens is 3. The van der Waals surface area contributed by atoms with Crippen molar-refractivity contribution in [3.05, 3.63) is 59.2 Å². The molecular weight excluding hydrogens is 295 g/mol. The predicted octanol–water partition coefficient (Wildman–Crippen LogP) is 3.72. The van der Waals surface area contributed by atoms with Crippen LogP contribution in [0.5, 0.6) is 11.5 Å². The fourth-order valence-electron chi connectivity index (χ4n) is 2.28. The van der Waals surface area contributed by atoms with E-state index in [1.54, 1.807) is 0 Å². The summed E-state index contributed by atoms with van der Waals surface area (Å²) in [6.07, 6.45) is -4.30. The second kappa shape index (κ2) is 5.88. The maximum absolute atomic E-state index is 12.5. The third-order valence-corrected chi connectivity index (χ3v) is 3.40. The smallest absolute Gasteiger partial charge is 0.416 e. The molecule has 0 atom stereocenters. The molecule has 0 saturated carbocycles. The largest absolute Gasteiger partial charge is 0.454 e. The lowest BCUT2D eigenvalue weighted by molar-refractivity contribution is -0.137. The van der Waals surface area contributed by atoms with Crippen molar-refractivity contribution in [3.8, 4) is 11.5 Å². The third-order valence-electron chi connectivity index (χ3n) is 3.40. The molecule has 116 valence electrons. The van der Waals surface area contributed by atoms with Gasteiger partial charge < -0.3 is 14.8 Å². The fourth-order valence-corrected chi connectivity index (χ4v) is 2.28. The van der Waals surface area contributed by atoms with Gasteiger partial charge in [-0.25, -0.2) is 0 Å². The van der Waals surface area contributed by atoms with Crippen LogP contribution in [0.2, 0.25) is 0 Å². The number of ether oxygens (including phenoxy) is 2. The van der Waals surface area contributed by atoms with Crippen LogP contribution in [0.1, 0.15) is 16.7 Å². The first-order valence-electron chi connectivity index (χ1n) is 6.78. The van der Waals surface area contributed by atoms with Crippen LogP contribution in [0.4, 0.5) is 13.2 Å². The summed E-state index contributed by atoms with van der Waals surface area (Å²) in [5, 5.41) is 3.19. The summed E-state index contributed by atoms with van der Waals surface area (Å²) in [5.74, 6) is 1.44. The Hall–Kier alpha value is -2.21. The van der Waals surface area contributed by atoms with Gasteiger partial charge in [-0.2, -0.15) is 13.2 Å². The average molecular weight is 309 g/mol. The van der Waals surface area contributed by atoms with Gasteiger partial charge in [-0.05, 0) is 23.8 Å². The Balaban J connectivity index is 1.59. The van der Waals surface area contributed by atoms with Gasteiger partial charge in [-0.15, -0.1) is 0 Å². The van der Waals surface area contributed by atoms with Gasteiger partial charge in [0.2, 0.25) is 6.79 Å². The Morgan fingerprint density at radius 1 is 0.955 bits per heavy atom. The van der Waals surface area contributed by atoms with Crippen LogP contribution >= 0.6 is 0 Å². The molecule has 0 unspecified atom stereocenters. The molecule has 0 fully saturated rings. The SMILES string of the molecule is FC(F)(F)c1ccc(CNCc2cccc3c2OCO3)cc1. The zero-order valence-electron chi connectivity index (χ0n) is 11.6. The molecule has 2 aromatic rings. The van der Waals surface area contributed by atoms with Crippen molar-refractivity contribution in [1.82, 2.24) is 5.32 Å². The van der Waals surface area contributed by atoms with Gasteiger partial charge in [-0.3, -0.25) is 0 Å². The molecule has 3 nitrogen and oxygen atoms in total. The average Bonchev–Trinajstić information content (AvgIpc) is 2.96. The molecule has 1 aliphatic heterocycles. The summed E-state index contributed by atoms with van der Waals surface area (Å²) in [6, 6.07) is 10.8. The van der Waals surface area contributed by atoms with E-state index in [2.05, 4.69) is 5.32 Å². The van der Waals surface area contributed by atoms with E-state index >= 15 is 0 Å². The first kappa shape index (κ1) is 14.7. The first-order chi connectivity index (χ1) is 10.5. The molecule has 0 amide bonds. The highest BCUT2D eigenvalue weighted by molar-refractivity contribution is 5.48. The van der Waals surface area contributed by atoms with E-state index in [9.17, 15) is 13.2 Å². The van der Waals surface area contributed by atoms with Gasteiger partial charge in [-0.1, -0.05) is 24.3 Å². The molecule has 2 aromatic carbocycles. The van der Waals surface area contributed by atoms with Crippen molar-refractivity contribution in [2.24, 2.45) is 0 Å². The van der Waals surface area contributed by atoms with Gasteiger partial charge in [0.25, 0.3) is 0 Å². The van der Waals surface area contributed by atoms with Crippen LogP contribution in [0, 0.1) is 0 Å². The van der Waals surface area contributed by atoms with Crippen LogP contribution in [0.3, 0.4) is 0 Å². The number of para-hydroxylation sites is 1. The number of fused-ring (bicyclic) bond motifs is 1. The van der Waals surface area contributed by atoms with Crippen LogP contribution in [0.25, 0.3) is 0 Å². The van der Waals surface area contributed by atoms with Gasteiger partial charge >= 0.3 is 6.18 Å². The Morgan fingerprint density at radius 2 is 1.73 bits per heavy atom. The molecule has 0 bridgehead atoms. The highest BCUT2D eigenvalue weighted by atomic mass is 19.4. The standard InChI is InChI=1S/C16H14F3NO2/c17-16(18,19)13-6-4-11(5-7-13)8-20-9-12-2-1-3-14-15(12)22-10-21-14/h1-7,20H,8-10H2. The van der Waals surface area contributed by atoms with Gasteiger partial charge in [0.05, 0.1) is 5.56 Å². The Labute approximate surface area is 125 Å². The first-order valence-corrected chi connectivity index (χ1v) is 6.78. The maximum Gasteiger partial charge on any atom is 0.416 e. The molecule has 0 radical (unpaired) electrons. The van der Waals surface area contributed by atoms with Gasteiger partial charge in [0.15, 0.2) is 11.5 Å². The number of nitrogens with one attached hydrogen (secondary N) is 1. The Morgan fingerprint density at radius 3 is 2.45 bits per heavy atom. The lowest BCUT2D eigenvalue weighted by Gasteiger charge is -2.09. The molecule has 1 aliphatic rings. The predicted molar refractivity (Wildman–Crippen MR) is 74.6 cm³/mol. The van der Waals surface area contributed by atoms with Crippen LogP contribution in [-0.4, -0.2) is 6.79 Å². The van der Waals surface area contributed by atoms with Gasteiger partial charge in [0, 0.05) is 18.7 Å². The van der Waals surface area contributed by atoms with Crippen molar-refractivity contribution in [2.45, 2.75) is 19.3 Å². The number of alkyl halides is 3. The molecule has 0 spiro atoms. The lowest BCUT2D eigenvalue weighted by atomic mass is 10.1. The molecule has 0 aliphatic carbocycles. The highest BCUT2D eigenvalue weighted by Gasteiger charge is 2.29. The lowest BCUT2D eigenvalue weighted by Crippen LogP contribution is -2.13. The Bertz CT molecular complexity index is 653. The molecule has 0 saturated heterocycles. The van der Waals surface area contributed by atoms with E-state index in [-0.39, 0.29) is 6.79 Å². The van der Waals surface area contributed by atoms with Gasteiger partial charge in [0.1, 0.15) is 0 Å². The molecular formula is C16H14F3NO2. The topological polar surface area (TPSA) is 30.5 Å². The number of hydrogen-bond donors (Lipinski definition) is 1. The summed E-state index contributed by atoms with van der Waals surface area (Å²) < 4.78 is 48.1. The quantitative estimate of drug-likeness (QED) is 0.933. The van der Waals surface area contributed by atoms with Crippen molar-refractivity contribution in [3.63, 3.8) is 0 Å². The summed E-state index contributed by atoms with van der Waals surface area (Å²) in [6.45, 7) is 1.24. The number of rotatable bonds is 4. The van der Waals surface area contributed by atoms with Crippen LogP contribution < -0.4 is 14.8 Å². The molecule has 22 heavy (non-hydrogen) atoms. The molecule has 1 N–H and O–H groups in total. The van der Waals surface area contributed by atoms with Crippen LogP contribution in [-0.2, 0) is 19.3 Å². The zero-order valence-corrected chi connectivity index (χ0v) is 11.6. The molecule has 0 aromatic heterocycles. The second-order valence-corrected chi connectivity index (χ2v) is 4.95. The van der Waals surface area contributed by atoms with E-state index in [0.29, 0.717) is 18.8 Å². The molecule has 3 rings (SSSR count). The van der Waals surface area contributed by atoms with Crippen LogP contribution in [0.15, 0.2) is 42.5 Å². The summed E-state index contributed by atoms with van der Waals surface area (Å²) in [5.41, 5.74) is 1.11. The molecule has 6 heteroatoms. The highest BCUT2D eigenvalue weighted by Crippen LogP contribution is 2.35. The summed E-state index contributed by atoms with van der Waals surface area (Å²) in [7, 11) is 0. The normalized spacial score (nSPS) is 13.4. The van der Waals surface area contributed by atoms with Crippen molar-refractivity contribution in [2.75, 3.05) is 6.79 Å². The molecule has 1 heterocycles. The van der Waals surface area contributed by atoms with E-state index in [1.807, 2.05) is 18.2 Å². The maximum atomic E-state index is 12.5. The third kappa shape index (κ3) is 3.17. The second-order valence-electron chi connectivity index (χ2n) is 4.95. The van der Waals surface area contributed by atoms with E-state index in [0.717, 1.165) is 29.0 Å². The van der Waals surface area contributed by atoms with E-state index in [4.69, 9.17) is 9.47 Å². The fraction of sp³-hybridized carbons (Fsp3) is 0.250. The summed E-state index contributed by atoms with van der Waals surface area (Å²) >= 11 is 0. The zero-order chi connectivity index (χ0) is 15.6. The minimum absolute atomic E-state index is 0.214. The van der Waals surface area contributed by atoms with Crippen molar-refractivity contribution >= 4 is 0 Å². The van der Waals surface area contributed by atoms with E-state index < -0.39 is 11.7 Å². The van der Waals surface area contributed by atoms with E-state index in [1.165, 1.54) is 12.1 Å². The number of benzene rings is 2. The monoisotopic (exact) mass is 309 g/mol. The minimum atomic E-state index is -4.30. The Kier molecular flexibility index (Phi) is 3.94. The van der Waals surface area contributed by atoms with Crippen molar-refractivity contribution < 1.29 is 22.6 Å². The van der Waals surface area contributed by atoms with Crippen molar-refractivity contribution in [1.29, 1.82) is 0 Å².